The molecule has 3 rings (SSSR count). The molecule has 0 aliphatic heterocycles. The number of allylic oxidation sites excluding steroid dienone is 4. The lowest BCUT2D eigenvalue weighted by Gasteiger charge is -2.25. The lowest BCUT2D eigenvalue weighted by molar-refractivity contribution is 0.392. The first-order valence-electron chi connectivity index (χ1n) is 10.0. The Morgan fingerprint density at radius 1 is 0.733 bits per heavy atom. The van der Waals surface area contributed by atoms with E-state index in [1.54, 1.807) is 28.4 Å². The van der Waals surface area contributed by atoms with Gasteiger partial charge in [0.05, 0.1) is 39.6 Å². The molecule has 0 fully saturated rings. The van der Waals surface area contributed by atoms with Crippen LogP contribution in [0.25, 0.3) is 12.2 Å². The second-order valence-corrected chi connectivity index (χ2v) is 7.41. The van der Waals surface area contributed by atoms with E-state index in [2.05, 4.69) is 32.1 Å². The second-order valence-electron chi connectivity index (χ2n) is 7.41. The number of hydrogen-bond acceptors (Lipinski definition) is 4. The van der Waals surface area contributed by atoms with Crippen molar-refractivity contribution in [1.29, 1.82) is 0 Å². The number of benzene rings is 2. The van der Waals surface area contributed by atoms with Crippen molar-refractivity contribution in [3.63, 3.8) is 0 Å². The Bertz CT molecular complexity index is 954. The molecule has 1 unspecified atom stereocenters. The summed E-state index contributed by atoms with van der Waals surface area (Å²) in [5.74, 6) is 3.42. The Hall–Kier alpha value is -3.14. The van der Waals surface area contributed by atoms with E-state index in [9.17, 15) is 0 Å². The summed E-state index contributed by atoms with van der Waals surface area (Å²) < 4.78 is 22.3. The third-order valence-corrected chi connectivity index (χ3v) is 5.52. The minimum absolute atomic E-state index is 0.220. The van der Waals surface area contributed by atoms with Crippen LogP contribution in [0.2, 0.25) is 0 Å². The van der Waals surface area contributed by atoms with Gasteiger partial charge in [-0.25, -0.2) is 0 Å². The van der Waals surface area contributed by atoms with Gasteiger partial charge in [0, 0.05) is 5.92 Å². The van der Waals surface area contributed by atoms with Crippen molar-refractivity contribution in [2.45, 2.75) is 20.3 Å². The van der Waals surface area contributed by atoms with Gasteiger partial charge in [-0.05, 0) is 55.3 Å². The highest BCUT2D eigenvalue weighted by atomic mass is 16.5. The van der Waals surface area contributed by atoms with Crippen LogP contribution in [0, 0.1) is 5.92 Å². The van der Waals surface area contributed by atoms with Crippen LogP contribution in [-0.2, 0) is 0 Å². The van der Waals surface area contributed by atoms with E-state index in [1.165, 1.54) is 16.7 Å². The zero-order valence-electron chi connectivity index (χ0n) is 18.6. The van der Waals surface area contributed by atoms with Crippen LogP contribution >= 0.6 is 0 Å². The summed E-state index contributed by atoms with van der Waals surface area (Å²) in [5, 5.41) is 0. The van der Waals surface area contributed by atoms with Crippen LogP contribution in [0.5, 0.6) is 23.0 Å². The molecule has 30 heavy (non-hydrogen) atoms. The number of methoxy groups -OCH3 is 4. The molecular weight excluding hydrogens is 376 g/mol. The van der Waals surface area contributed by atoms with Gasteiger partial charge in [-0.2, -0.15) is 0 Å². The highest BCUT2D eigenvalue weighted by molar-refractivity contribution is 5.72. The summed E-state index contributed by atoms with van der Waals surface area (Å²) >= 11 is 0. The molecule has 1 aliphatic rings. The van der Waals surface area contributed by atoms with E-state index in [4.69, 9.17) is 18.9 Å². The second kappa shape index (κ2) is 9.57. The SMILES string of the molecule is COc1cccc(OC)c1C=C1C=C(C)CC(=Cc2c(OC)cccc2OC)C1C. The average Bonchev–Trinajstić information content (AvgIpc) is 2.76. The molecule has 0 N–H and O–H groups in total. The summed E-state index contributed by atoms with van der Waals surface area (Å²) in [5.41, 5.74) is 5.73. The Morgan fingerprint density at radius 3 is 1.60 bits per heavy atom. The normalized spacial score (nSPS) is 18.9. The maximum atomic E-state index is 5.59. The molecule has 0 aromatic heterocycles. The Kier molecular flexibility index (Phi) is 6.88. The molecular formula is C26H30O4. The van der Waals surface area contributed by atoms with Gasteiger partial charge in [0.25, 0.3) is 0 Å². The smallest absolute Gasteiger partial charge is 0.129 e. The van der Waals surface area contributed by atoms with Gasteiger partial charge < -0.3 is 18.9 Å². The van der Waals surface area contributed by atoms with Gasteiger partial charge in [-0.3, -0.25) is 0 Å². The van der Waals surface area contributed by atoms with E-state index in [-0.39, 0.29) is 5.92 Å². The predicted molar refractivity (Wildman–Crippen MR) is 123 cm³/mol. The lowest BCUT2D eigenvalue weighted by Crippen LogP contribution is -2.09. The van der Waals surface area contributed by atoms with Crippen LogP contribution in [-0.4, -0.2) is 28.4 Å². The lowest BCUT2D eigenvalue weighted by atomic mass is 9.80. The molecule has 0 heterocycles. The van der Waals surface area contributed by atoms with Crippen molar-refractivity contribution in [3.8, 4) is 23.0 Å². The van der Waals surface area contributed by atoms with Gasteiger partial charge in [-0.1, -0.05) is 36.3 Å². The minimum Gasteiger partial charge on any atom is -0.496 e. The average molecular weight is 407 g/mol. The molecule has 0 spiro atoms. The van der Waals surface area contributed by atoms with Crippen molar-refractivity contribution in [2.75, 3.05) is 28.4 Å². The molecule has 4 heteroatoms. The van der Waals surface area contributed by atoms with Crippen molar-refractivity contribution >= 4 is 12.2 Å². The van der Waals surface area contributed by atoms with E-state index in [1.807, 2.05) is 36.4 Å². The van der Waals surface area contributed by atoms with E-state index < -0.39 is 0 Å². The third kappa shape index (κ3) is 4.38. The van der Waals surface area contributed by atoms with Crippen LogP contribution in [0.3, 0.4) is 0 Å². The number of hydrogen-bond donors (Lipinski definition) is 0. The Labute approximate surface area is 179 Å². The molecule has 1 atom stereocenters. The zero-order valence-corrected chi connectivity index (χ0v) is 18.6. The van der Waals surface area contributed by atoms with E-state index >= 15 is 0 Å². The number of rotatable bonds is 6. The molecule has 1 aliphatic carbocycles. The molecule has 0 saturated carbocycles. The van der Waals surface area contributed by atoms with Crippen LogP contribution in [0.15, 0.2) is 59.2 Å². The zero-order chi connectivity index (χ0) is 21.7. The highest BCUT2D eigenvalue weighted by Gasteiger charge is 2.21. The molecule has 0 saturated heterocycles. The number of ether oxygens (including phenoxy) is 4. The maximum absolute atomic E-state index is 5.59. The fraction of sp³-hybridized carbons (Fsp3) is 0.308. The van der Waals surface area contributed by atoms with E-state index in [0.29, 0.717) is 0 Å². The molecule has 2 aromatic carbocycles. The van der Waals surface area contributed by atoms with Crippen LogP contribution in [0.1, 0.15) is 31.4 Å². The molecule has 4 nitrogen and oxygen atoms in total. The molecule has 158 valence electrons. The van der Waals surface area contributed by atoms with Crippen molar-refractivity contribution in [3.05, 3.63) is 70.3 Å². The van der Waals surface area contributed by atoms with Crippen LogP contribution < -0.4 is 18.9 Å². The van der Waals surface area contributed by atoms with Crippen molar-refractivity contribution in [2.24, 2.45) is 5.92 Å². The monoisotopic (exact) mass is 406 g/mol. The van der Waals surface area contributed by atoms with Gasteiger partial charge in [0.15, 0.2) is 0 Å². The first kappa shape index (κ1) is 21.6. The summed E-state index contributed by atoms with van der Waals surface area (Å²) in [6.45, 7) is 4.39. The molecule has 2 aromatic rings. The third-order valence-electron chi connectivity index (χ3n) is 5.52. The largest absolute Gasteiger partial charge is 0.496 e. The van der Waals surface area contributed by atoms with Crippen LogP contribution in [0.4, 0.5) is 0 Å². The summed E-state index contributed by atoms with van der Waals surface area (Å²) in [6.07, 6.45) is 7.53. The highest BCUT2D eigenvalue weighted by Crippen LogP contribution is 2.40. The molecule has 0 radical (unpaired) electrons. The molecule has 0 amide bonds. The first-order chi connectivity index (χ1) is 14.5. The Balaban J connectivity index is 2.10. The summed E-state index contributed by atoms with van der Waals surface area (Å²) in [7, 11) is 6.74. The molecule has 0 bridgehead atoms. The van der Waals surface area contributed by atoms with Gasteiger partial charge in [0.2, 0.25) is 0 Å². The standard InChI is InChI=1S/C26H30O4/c1-17-13-19(15-21-23(27-3)9-7-10-24(21)28-4)18(2)20(14-17)16-22-25(29-5)11-8-12-26(22)30-6/h7-13,15-16,18H,14H2,1-6H3. The summed E-state index contributed by atoms with van der Waals surface area (Å²) in [4.78, 5) is 0. The summed E-state index contributed by atoms with van der Waals surface area (Å²) in [6, 6.07) is 11.7. The first-order valence-corrected chi connectivity index (χ1v) is 10.0. The maximum Gasteiger partial charge on any atom is 0.129 e. The fourth-order valence-electron chi connectivity index (χ4n) is 3.89. The van der Waals surface area contributed by atoms with Gasteiger partial charge >= 0.3 is 0 Å². The quantitative estimate of drug-likeness (QED) is 0.574. The van der Waals surface area contributed by atoms with Gasteiger partial charge in [0.1, 0.15) is 23.0 Å². The van der Waals surface area contributed by atoms with Crippen molar-refractivity contribution < 1.29 is 18.9 Å². The fourth-order valence-corrected chi connectivity index (χ4v) is 3.89. The van der Waals surface area contributed by atoms with E-state index in [0.717, 1.165) is 40.5 Å². The van der Waals surface area contributed by atoms with Crippen molar-refractivity contribution in [1.82, 2.24) is 0 Å². The minimum atomic E-state index is 0.220. The topological polar surface area (TPSA) is 36.9 Å². The predicted octanol–water partition coefficient (Wildman–Crippen LogP) is 6.17. The Morgan fingerprint density at radius 2 is 1.17 bits per heavy atom. The van der Waals surface area contributed by atoms with Gasteiger partial charge in [-0.15, -0.1) is 0 Å².